The number of rotatable bonds is 0. The Morgan fingerprint density at radius 3 is 3.00 bits per heavy atom. The average molecular weight is 152 g/mol. The first-order valence-corrected chi connectivity index (χ1v) is 4.53. The summed E-state index contributed by atoms with van der Waals surface area (Å²) in [5.41, 5.74) is 0. The molecule has 0 amide bonds. The Balaban J connectivity index is 2.00. The molecular weight excluding hydrogens is 140 g/mol. The highest BCUT2D eigenvalue weighted by Crippen LogP contribution is 2.50. The van der Waals surface area contributed by atoms with Gasteiger partial charge < -0.3 is 4.74 Å². The third kappa shape index (κ3) is 0.700. The van der Waals surface area contributed by atoms with Crippen LogP contribution in [0.5, 0.6) is 0 Å². The minimum atomic E-state index is 0.103. The molecule has 3 fully saturated rings. The van der Waals surface area contributed by atoms with Crippen LogP contribution in [0.25, 0.3) is 0 Å². The summed E-state index contributed by atoms with van der Waals surface area (Å²) in [7, 11) is 0. The highest BCUT2D eigenvalue weighted by atomic mass is 16.5. The van der Waals surface area contributed by atoms with Gasteiger partial charge in [0.1, 0.15) is 6.10 Å². The average Bonchev–Trinajstić information content (AvgIpc) is 2.19. The number of carbonyl (C=O) groups is 1. The Bertz CT molecular complexity index is 210. The van der Waals surface area contributed by atoms with Crippen LogP contribution in [0.3, 0.4) is 0 Å². The van der Waals surface area contributed by atoms with E-state index < -0.39 is 0 Å². The van der Waals surface area contributed by atoms with Crippen molar-refractivity contribution in [1.82, 2.24) is 0 Å². The van der Waals surface area contributed by atoms with Gasteiger partial charge in [0.05, 0.1) is 5.92 Å². The van der Waals surface area contributed by atoms with Gasteiger partial charge in [-0.05, 0) is 37.5 Å². The minimum Gasteiger partial charge on any atom is -0.462 e. The maximum absolute atomic E-state index is 11.3. The first kappa shape index (κ1) is 6.04. The molecule has 0 aromatic carbocycles. The Labute approximate surface area is 65.9 Å². The van der Waals surface area contributed by atoms with E-state index >= 15 is 0 Å². The molecule has 0 aromatic rings. The van der Waals surface area contributed by atoms with Crippen LogP contribution >= 0.6 is 0 Å². The van der Waals surface area contributed by atoms with E-state index in [1.807, 2.05) is 0 Å². The van der Waals surface area contributed by atoms with E-state index in [4.69, 9.17) is 4.74 Å². The number of ether oxygens (including phenoxy) is 1. The molecule has 2 nitrogen and oxygen atoms in total. The molecule has 3 aliphatic rings. The van der Waals surface area contributed by atoms with Gasteiger partial charge in [-0.15, -0.1) is 0 Å². The molecule has 0 spiro atoms. The second kappa shape index (κ2) is 1.79. The van der Waals surface area contributed by atoms with Gasteiger partial charge in [-0.3, -0.25) is 4.79 Å². The third-order valence-electron chi connectivity index (χ3n) is 3.54. The fraction of sp³-hybridized carbons (Fsp3) is 0.889. The lowest BCUT2D eigenvalue weighted by atomic mass is 9.83. The Morgan fingerprint density at radius 2 is 2.09 bits per heavy atom. The summed E-state index contributed by atoms with van der Waals surface area (Å²) in [6.07, 6.45) is 5.03. The van der Waals surface area contributed by atoms with Crippen molar-refractivity contribution in [2.75, 3.05) is 0 Å². The summed E-state index contributed by atoms with van der Waals surface area (Å²) in [6, 6.07) is 0. The van der Waals surface area contributed by atoms with Crippen molar-refractivity contribution in [3.63, 3.8) is 0 Å². The molecule has 4 unspecified atom stereocenters. The molecule has 3 bridgehead atoms. The van der Waals surface area contributed by atoms with E-state index in [-0.39, 0.29) is 5.97 Å². The summed E-state index contributed by atoms with van der Waals surface area (Å²) in [4.78, 5) is 11.3. The Hall–Kier alpha value is -0.530. The standard InChI is InChI=1S/C9H12O2/c10-9-8-3-5-1-6(8)4-7(2-5)11-9/h5-8H,1-4H2. The molecule has 0 radical (unpaired) electrons. The predicted octanol–water partition coefficient (Wildman–Crippen LogP) is 1.35. The summed E-state index contributed by atoms with van der Waals surface area (Å²) in [5.74, 6) is 1.90. The van der Waals surface area contributed by atoms with E-state index in [0.717, 1.165) is 25.2 Å². The maximum atomic E-state index is 11.3. The van der Waals surface area contributed by atoms with Crippen molar-refractivity contribution >= 4 is 5.97 Å². The molecule has 0 N–H and O–H groups in total. The summed E-state index contributed by atoms with van der Waals surface area (Å²) < 4.78 is 5.27. The molecular formula is C9H12O2. The van der Waals surface area contributed by atoms with Crippen LogP contribution in [0, 0.1) is 17.8 Å². The van der Waals surface area contributed by atoms with Crippen molar-refractivity contribution in [3.8, 4) is 0 Å². The van der Waals surface area contributed by atoms with Gasteiger partial charge in [-0.1, -0.05) is 0 Å². The molecule has 3 rings (SSSR count). The van der Waals surface area contributed by atoms with Gasteiger partial charge in [0.2, 0.25) is 0 Å². The highest BCUT2D eigenvalue weighted by molar-refractivity contribution is 5.74. The van der Waals surface area contributed by atoms with E-state index in [2.05, 4.69) is 0 Å². The molecule has 2 saturated carbocycles. The predicted molar refractivity (Wildman–Crippen MR) is 38.8 cm³/mol. The van der Waals surface area contributed by atoms with Gasteiger partial charge in [-0.2, -0.15) is 0 Å². The third-order valence-corrected chi connectivity index (χ3v) is 3.54. The minimum absolute atomic E-state index is 0.103. The topological polar surface area (TPSA) is 26.3 Å². The van der Waals surface area contributed by atoms with Crippen LogP contribution < -0.4 is 0 Å². The molecule has 2 aliphatic carbocycles. The molecule has 4 atom stereocenters. The van der Waals surface area contributed by atoms with E-state index in [9.17, 15) is 4.79 Å². The van der Waals surface area contributed by atoms with Crippen LogP contribution in [0.4, 0.5) is 0 Å². The second-order valence-electron chi connectivity index (χ2n) is 4.23. The first-order chi connectivity index (χ1) is 5.33. The number of hydrogen-bond acceptors (Lipinski definition) is 2. The van der Waals surface area contributed by atoms with Gasteiger partial charge in [0.15, 0.2) is 0 Å². The molecule has 1 saturated heterocycles. The maximum Gasteiger partial charge on any atom is 0.309 e. The number of esters is 1. The highest BCUT2D eigenvalue weighted by Gasteiger charge is 2.49. The van der Waals surface area contributed by atoms with Gasteiger partial charge >= 0.3 is 5.97 Å². The van der Waals surface area contributed by atoms with Crippen molar-refractivity contribution < 1.29 is 9.53 Å². The molecule has 1 heterocycles. The van der Waals surface area contributed by atoms with E-state index in [0.29, 0.717) is 17.9 Å². The molecule has 11 heavy (non-hydrogen) atoms. The summed E-state index contributed by atoms with van der Waals surface area (Å²) in [5, 5.41) is 0. The van der Waals surface area contributed by atoms with Crippen molar-refractivity contribution in [2.45, 2.75) is 31.8 Å². The summed E-state index contributed by atoms with van der Waals surface area (Å²) in [6.45, 7) is 0. The smallest absolute Gasteiger partial charge is 0.309 e. The second-order valence-corrected chi connectivity index (χ2v) is 4.23. The Kier molecular flexibility index (Phi) is 0.984. The normalized spacial score (nSPS) is 52.9. The number of carbonyl (C=O) groups excluding carboxylic acids is 1. The lowest BCUT2D eigenvalue weighted by Gasteiger charge is -2.32. The van der Waals surface area contributed by atoms with Gasteiger partial charge in [0.25, 0.3) is 0 Å². The SMILES string of the molecule is O=C1OC2CC3CC(C2)C1C3. The van der Waals surface area contributed by atoms with Crippen LogP contribution in [-0.4, -0.2) is 12.1 Å². The first-order valence-electron chi connectivity index (χ1n) is 4.53. The Morgan fingerprint density at radius 1 is 1.18 bits per heavy atom. The fourth-order valence-corrected chi connectivity index (χ4v) is 3.14. The van der Waals surface area contributed by atoms with Gasteiger partial charge in [-0.25, -0.2) is 0 Å². The zero-order chi connectivity index (χ0) is 7.42. The molecule has 0 aromatic heterocycles. The van der Waals surface area contributed by atoms with Crippen molar-refractivity contribution in [1.29, 1.82) is 0 Å². The molecule has 2 heteroatoms. The van der Waals surface area contributed by atoms with Crippen LogP contribution in [-0.2, 0) is 9.53 Å². The van der Waals surface area contributed by atoms with E-state index in [1.165, 1.54) is 6.42 Å². The quantitative estimate of drug-likeness (QED) is 0.490. The zero-order valence-electron chi connectivity index (χ0n) is 6.45. The lowest BCUT2D eigenvalue weighted by Crippen LogP contribution is -2.35. The largest absolute Gasteiger partial charge is 0.462 e. The fourth-order valence-electron chi connectivity index (χ4n) is 3.14. The monoisotopic (exact) mass is 152 g/mol. The van der Waals surface area contributed by atoms with Crippen LogP contribution in [0.1, 0.15) is 25.7 Å². The van der Waals surface area contributed by atoms with E-state index in [1.54, 1.807) is 0 Å². The summed E-state index contributed by atoms with van der Waals surface area (Å²) >= 11 is 0. The van der Waals surface area contributed by atoms with Crippen molar-refractivity contribution in [2.24, 2.45) is 17.8 Å². The zero-order valence-corrected chi connectivity index (χ0v) is 6.45. The van der Waals surface area contributed by atoms with Crippen molar-refractivity contribution in [3.05, 3.63) is 0 Å². The molecule has 60 valence electrons. The number of fused-ring (bicyclic) bond motifs is 2. The number of hydrogen-bond donors (Lipinski definition) is 0. The van der Waals surface area contributed by atoms with Crippen LogP contribution in [0.15, 0.2) is 0 Å². The van der Waals surface area contributed by atoms with Gasteiger partial charge in [0, 0.05) is 0 Å². The molecule has 1 aliphatic heterocycles. The lowest BCUT2D eigenvalue weighted by molar-refractivity contribution is -0.163. The van der Waals surface area contributed by atoms with Crippen LogP contribution in [0.2, 0.25) is 0 Å².